The van der Waals surface area contributed by atoms with Crippen LogP contribution < -0.4 is 5.56 Å². The summed E-state index contributed by atoms with van der Waals surface area (Å²) in [5.41, 5.74) is 0.956. The lowest BCUT2D eigenvalue weighted by Crippen LogP contribution is -2.22. The Morgan fingerprint density at radius 3 is 2.58 bits per heavy atom. The standard InChI is InChI=1S/C12H10BrN3O.C2H6/c1-7(13)11-15-10-4-3-8(6-14)5-9(10)12(17)16(11)2;1-2/h3-5,7H,1-2H3;1-2H3. The van der Waals surface area contributed by atoms with Crippen molar-refractivity contribution in [2.75, 3.05) is 0 Å². The second-order valence-corrected chi connectivity index (χ2v) is 5.17. The number of nitrogens with zero attached hydrogens (tertiary/aromatic N) is 3. The first-order valence-electron chi connectivity index (χ1n) is 6.09. The molecule has 0 aliphatic rings. The number of nitriles is 1. The number of fused-ring (bicyclic) bond motifs is 1. The second-order valence-electron chi connectivity index (χ2n) is 3.79. The van der Waals surface area contributed by atoms with E-state index in [2.05, 4.69) is 20.9 Å². The van der Waals surface area contributed by atoms with Crippen LogP contribution >= 0.6 is 15.9 Å². The molecule has 0 aliphatic carbocycles. The maximum atomic E-state index is 12.1. The van der Waals surface area contributed by atoms with Crippen LogP contribution in [0.3, 0.4) is 0 Å². The van der Waals surface area contributed by atoms with Crippen LogP contribution in [0.1, 0.15) is 37.0 Å². The van der Waals surface area contributed by atoms with Crippen LogP contribution in [0.5, 0.6) is 0 Å². The minimum atomic E-state index is -0.131. The van der Waals surface area contributed by atoms with Crippen molar-refractivity contribution in [3.05, 3.63) is 39.9 Å². The third-order valence-corrected chi connectivity index (χ3v) is 3.00. The van der Waals surface area contributed by atoms with Gasteiger partial charge in [0, 0.05) is 7.05 Å². The molecule has 0 radical (unpaired) electrons. The van der Waals surface area contributed by atoms with Crippen LogP contribution in [0.2, 0.25) is 0 Å². The maximum Gasteiger partial charge on any atom is 0.261 e. The first-order valence-corrected chi connectivity index (χ1v) is 7.01. The molecule has 5 heteroatoms. The highest BCUT2D eigenvalue weighted by atomic mass is 79.9. The third kappa shape index (κ3) is 3.02. The van der Waals surface area contributed by atoms with E-state index in [-0.39, 0.29) is 10.4 Å². The van der Waals surface area contributed by atoms with Gasteiger partial charge in [0.05, 0.1) is 27.4 Å². The molecule has 1 aromatic carbocycles. The van der Waals surface area contributed by atoms with Crippen LogP contribution in [-0.2, 0) is 7.05 Å². The quantitative estimate of drug-likeness (QED) is 0.757. The molecule has 0 saturated heterocycles. The largest absolute Gasteiger partial charge is 0.298 e. The molecule has 0 bridgehead atoms. The van der Waals surface area contributed by atoms with Crippen LogP contribution in [-0.4, -0.2) is 9.55 Å². The Morgan fingerprint density at radius 1 is 1.42 bits per heavy atom. The first-order chi connectivity index (χ1) is 9.04. The summed E-state index contributed by atoms with van der Waals surface area (Å²) in [6.45, 7) is 5.91. The van der Waals surface area contributed by atoms with Gasteiger partial charge in [-0.25, -0.2) is 4.98 Å². The number of rotatable bonds is 1. The van der Waals surface area contributed by atoms with E-state index < -0.39 is 0 Å². The van der Waals surface area contributed by atoms with E-state index >= 15 is 0 Å². The Labute approximate surface area is 120 Å². The molecule has 0 N–H and O–H groups in total. The lowest BCUT2D eigenvalue weighted by Gasteiger charge is -2.10. The van der Waals surface area contributed by atoms with E-state index in [0.717, 1.165) is 0 Å². The molecule has 1 aromatic heterocycles. The summed E-state index contributed by atoms with van der Waals surface area (Å²) in [4.78, 5) is 16.5. The summed E-state index contributed by atoms with van der Waals surface area (Å²) in [7, 11) is 1.68. The van der Waals surface area contributed by atoms with Crippen molar-refractivity contribution in [1.82, 2.24) is 9.55 Å². The molecule has 0 amide bonds. The molecule has 1 heterocycles. The minimum Gasteiger partial charge on any atom is -0.298 e. The minimum absolute atomic E-state index is 0.000225. The number of alkyl halides is 1. The number of benzene rings is 1. The molecular formula is C14H16BrN3O. The Hall–Kier alpha value is -1.67. The second kappa shape index (κ2) is 6.48. The van der Waals surface area contributed by atoms with Gasteiger partial charge in [-0.15, -0.1) is 0 Å². The highest BCUT2D eigenvalue weighted by molar-refractivity contribution is 9.09. The summed E-state index contributed by atoms with van der Waals surface area (Å²) in [5.74, 6) is 0.673. The average molecular weight is 322 g/mol. The van der Waals surface area contributed by atoms with Crippen LogP contribution in [0.4, 0.5) is 0 Å². The van der Waals surface area contributed by atoms with E-state index in [1.807, 2.05) is 26.8 Å². The molecule has 4 nitrogen and oxygen atoms in total. The van der Waals surface area contributed by atoms with Gasteiger partial charge in [0.15, 0.2) is 0 Å². The van der Waals surface area contributed by atoms with Gasteiger partial charge >= 0.3 is 0 Å². The summed E-state index contributed by atoms with van der Waals surface area (Å²) in [5, 5.41) is 9.29. The number of hydrogen-bond donors (Lipinski definition) is 0. The van der Waals surface area contributed by atoms with Gasteiger partial charge in [-0.3, -0.25) is 9.36 Å². The molecule has 0 spiro atoms. The summed E-state index contributed by atoms with van der Waals surface area (Å²) >= 11 is 3.41. The van der Waals surface area contributed by atoms with Crippen molar-refractivity contribution in [2.24, 2.45) is 7.05 Å². The fourth-order valence-corrected chi connectivity index (χ4v) is 2.12. The van der Waals surface area contributed by atoms with Gasteiger partial charge in [-0.05, 0) is 25.1 Å². The van der Waals surface area contributed by atoms with Crippen molar-refractivity contribution in [3.63, 3.8) is 0 Å². The summed E-state index contributed by atoms with van der Waals surface area (Å²) in [6, 6.07) is 6.96. The van der Waals surface area contributed by atoms with Gasteiger partial charge in [-0.1, -0.05) is 29.8 Å². The molecular weight excluding hydrogens is 306 g/mol. The SMILES string of the molecule is CC.CC(Br)c1nc2ccc(C#N)cc2c(=O)n1C. The first kappa shape index (κ1) is 15.4. The molecule has 19 heavy (non-hydrogen) atoms. The molecule has 0 fully saturated rings. The van der Waals surface area contributed by atoms with Crippen molar-refractivity contribution < 1.29 is 0 Å². The molecule has 2 aromatic rings. The molecule has 100 valence electrons. The van der Waals surface area contributed by atoms with E-state index in [1.165, 1.54) is 4.57 Å². The Balaban J connectivity index is 0.000000861. The summed E-state index contributed by atoms with van der Waals surface area (Å²) < 4.78 is 1.50. The predicted octanol–water partition coefficient (Wildman–Crippen LogP) is 3.29. The van der Waals surface area contributed by atoms with E-state index in [1.54, 1.807) is 25.2 Å². The lowest BCUT2D eigenvalue weighted by molar-refractivity contribution is 0.749. The van der Waals surface area contributed by atoms with Gasteiger partial charge in [-0.2, -0.15) is 5.26 Å². The molecule has 0 saturated carbocycles. The van der Waals surface area contributed by atoms with Gasteiger partial charge in [0.25, 0.3) is 5.56 Å². The van der Waals surface area contributed by atoms with Crippen LogP contribution in [0.25, 0.3) is 10.9 Å². The van der Waals surface area contributed by atoms with Crippen molar-refractivity contribution in [3.8, 4) is 6.07 Å². The Kier molecular flexibility index (Phi) is 5.25. The van der Waals surface area contributed by atoms with E-state index in [9.17, 15) is 4.79 Å². The predicted molar refractivity (Wildman–Crippen MR) is 80.4 cm³/mol. The summed E-state index contributed by atoms with van der Waals surface area (Å²) in [6.07, 6.45) is 0. The normalized spacial score (nSPS) is 11.4. The fourth-order valence-electron chi connectivity index (χ4n) is 1.71. The van der Waals surface area contributed by atoms with Crippen molar-refractivity contribution in [1.29, 1.82) is 5.26 Å². The maximum absolute atomic E-state index is 12.1. The topological polar surface area (TPSA) is 58.7 Å². The number of aromatic nitrogens is 2. The highest BCUT2D eigenvalue weighted by Gasteiger charge is 2.12. The lowest BCUT2D eigenvalue weighted by atomic mass is 10.1. The number of halogens is 1. The smallest absolute Gasteiger partial charge is 0.261 e. The highest BCUT2D eigenvalue weighted by Crippen LogP contribution is 2.20. The van der Waals surface area contributed by atoms with Gasteiger partial charge < -0.3 is 0 Å². The van der Waals surface area contributed by atoms with Gasteiger partial charge in [0.1, 0.15) is 5.82 Å². The molecule has 1 atom stereocenters. The zero-order chi connectivity index (χ0) is 14.6. The average Bonchev–Trinajstić information content (AvgIpc) is 2.44. The van der Waals surface area contributed by atoms with E-state index in [0.29, 0.717) is 22.3 Å². The van der Waals surface area contributed by atoms with E-state index in [4.69, 9.17) is 5.26 Å². The van der Waals surface area contributed by atoms with Crippen molar-refractivity contribution >= 4 is 26.8 Å². The fraction of sp³-hybridized carbons (Fsp3) is 0.357. The molecule has 2 rings (SSSR count). The molecule has 1 unspecified atom stereocenters. The number of hydrogen-bond acceptors (Lipinski definition) is 3. The zero-order valence-electron chi connectivity index (χ0n) is 11.4. The van der Waals surface area contributed by atoms with Crippen LogP contribution in [0, 0.1) is 11.3 Å². The van der Waals surface area contributed by atoms with Gasteiger partial charge in [0.2, 0.25) is 0 Å². The Morgan fingerprint density at radius 2 is 2.05 bits per heavy atom. The Bertz CT molecular complexity index is 683. The zero-order valence-corrected chi connectivity index (χ0v) is 13.0. The van der Waals surface area contributed by atoms with Crippen molar-refractivity contribution in [2.45, 2.75) is 25.6 Å². The monoisotopic (exact) mass is 321 g/mol. The molecule has 0 aliphatic heterocycles. The third-order valence-electron chi connectivity index (χ3n) is 2.60. The van der Waals surface area contributed by atoms with Crippen LogP contribution in [0.15, 0.2) is 23.0 Å².